The van der Waals surface area contributed by atoms with Crippen LogP contribution in [0.25, 0.3) is 92.0 Å². The predicted octanol–water partition coefficient (Wildman–Crippen LogP) is 14.1. The third-order valence-corrected chi connectivity index (χ3v) is 12.2. The second-order valence-electron chi connectivity index (χ2n) is 14.1. The van der Waals surface area contributed by atoms with E-state index < -0.39 is 0 Å². The predicted molar refractivity (Wildman–Crippen MR) is 234 cm³/mol. The highest BCUT2D eigenvalue weighted by Gasteiger charge is 2.25. The fraction of sp³-hybridized carbons (Fsp3) is 0. The molecular weight excluding hydrogens is 705 g/mol. The second-order valence-corrected chi connectivity index (χ2v) is 15.2. The standard InChI is InChI=1S/C50H30N4OS/c1-4-16-31(17-5-1)46-49-47(37-25-13-15-27-43(37)56-49)52-50(51-46)54-39-26-14-12-24-36(39)45-40(54)29-28-38-44-35-23-11-10-22-34(35)41(30-42(44)55-48(38)45)53(32-18-6-2-7-19-32)33-20-8-3-9-21-33/h1-30H. The molecule has 0 atom stereocenters. The van der Waals surface area contributed by atoms with Gasteiger partial charge >= 0.3 is 0 Å². The molecule has 12 aromatic rings. The normalized spacial score (nSPS) is 11.9. The number of thiophene rings is 1. The van der Waals surface area contributed by atoms with Gasteiger partial charge in [0.15, 0.2) is 0 Å². The quantitative estimate of drug-likeness (QED) is 0.177. The van der Waals surface area contributed by atoms with Gasteiger partial charge in [-0.05, 0) is 53.9 Å². The zero-order valence-electron chi connectivity index (χ0n) is 29.9. The molecule has 262 valence electrons. The molecule has 56 heavy (non-hydrogen) atoms. The maximum Gasteiger partial charge on any atom is 0.235 e. The summed E-state index contributed by atoms with van der Waals surface area (Å²) in [5.41, 5.74) is 9.89. The summed E-state index contributed by atoms with van der Waals surface area (Å²) in [7, 11) is 0. The summed E-state index contributed by atoms with van der Waals surface area (Å²) in [4.78, 5) is 13.1. The summed E-state index contributed by atoms with van der Waals surface area (Å²) >= 11 is 1.75. The molecule has 5 nitrogen and oxygen atoms in total. The lowest BCUT2D eigenvalue weighted by Gasteiger charge is -2.26. The number of rotatable bonds is 5. The van der Waals surface area contributed by atoms with Crippen molar-refractivity contribution >= 4 is 103 Å². The number of fused-ring (bicyclic) bond motifs is 12. The summed E-state index contributed by atoms with van der Waals surface area (Å²) in [6.45, 7) is 0. The van der Waals surface area contributed by atoms with E-state index in [9.17, 15) is 0 Å². The first-order valence-electron chi connectivity index (χ1n) is 18.8. The lowest BCUT2D eigenvalue weighted by molar-refractivity contribution is 0.673. The van der Waals surface area contributed by atoms with E-state index >= 15 is 0 Å². The molecular formula is C50H30N4OS. The number of furan rings is 1. The summed E-state index contributed by atoms with van der Waals surface area (Å²) in [6, 6.07) is 63.9. The first-order valence-corrected chi connectivity index (χ1v) is 19.6. The topological polar surface area (TPSA) is 47.1 Å². The first-order chi connectivity index (χ1) is 27.8. The van der Waals surface area contributed by atoms with Crippen LogP contribution < -0.4 is 4.90 Å². The van der Waals surface area contributed by atoms with Gasteiger partial charge in [-0.2, -0.15) is 0 Å². The van der Waals surface area contributed by atoms with Gasteiger partial charge in [0.05, 0.1) is 38.0 Å². The van der Waals surface area contributed by atoms with Crippen LogP contribution >= 0.6 is 11.3 Å². The van der Waals surface area contributed by atoms with Crippen LogP contribution in [0.5, 0.6) is 0 Å². The molecule has 4 aromatic heterocycles. The molecule has 0 N–H and O–H groups in total. The Labute approximate surface area is 324 Å². The highest BCUT2D eigenvalue weighted by Crippen LogP contribution is 2.47. The highest BCUT2D eigenvalue weighted by molar-refractivity contribution is 7.26. The van der Waals surface area contributed by atoms with Gasteiger partial charge in [0.25, 0.3) is 0 Å². The van der Waals surface area contributed by atoms with Crippen molar-refractivity contribution in [2.75, 3.05) is 4.90 Å². The van der Waals surface area contributed by atoms with E-state index in [0.717, 1.165) is 98.4 Å². The third kappa shape index (κ3) is 4.54. The number of anilines is 3. The Morgan fingerprint density at radius 2 is 1.12 bits per heavy atom. The van der Waals surface area contributed by atoms with Crippen molar-refractivity contribution in [1.29, 1.82) is 0 Å². The van der Waals surface area contributed by atoms with Crippen molar-refractivity contribution < 1.29 is 4.42 Å². The monoisotopic (exact) mass is 734 g/mol. The Hall–Kier alpha value is -7.28. The number of hydrogen-bond donors (Lipinski definition) is 0. The molecule has 0 amide bonds. The maximum atomic E-state index is 7.12. The van der Waals surface area contributed by atoms with Crippen molar-refractivity contribution in [3.8, 4) is 17.2 Å². The highest BCUT2D eigenvalue weighted by atomic mass is 32.1. The lowest BCUT2D eigenvalue weighted by atomic mass is 10.00. The Morgan fingerprint density at radius 1 is 0.500 bits per heavy atom. The van der Waals surface area contributed by atoms with Crippen molar-refractivity contribution in [3.63, 3.8) is 0 Å². The van der Waals surface area contributed by atoms with Crippen LogP contribution in [-0.2, 0) is 0 Å². The van der Waals surface area contributed by atoms with Gasteiger partial charge < -0.3 is 9.32 Å². The summed E-state index contributed by atoms with van der Waals surface area (Å²) in [6.07, 6.45) is 0. The minimum Gasteiger partial charge on any atom is -0.455 e. The van der Waals surface area contributed by atoms with Crippen LogP contribution in [0.2, 0.25) is 0 Å². The minimum absolute atomic E-state index is 0.635. The summed E-state index contributed by atoms with van der Waals surface area (Å²) < 4.78 is 11.6. The van der Waals surface area contributed by atoms with E-state index in [0.29, 0.717) is 5.95 Å². The van der Waals surface area contributed by atoms with Gasteiger partial charge in [-0.15, -0.1) is 11.3 Å². The Bertz CT molecular complexity index is 3440. The van der Waals surface area contributed by atoms with E-state index in [1.165, 1.54) is 4.70 Å². The zero-order chi connectivity index (χ0) is 36.7. The van der Waals surface area contributed by atoms with Crippen LogP contribution in [0.4, 0.5) is 17.1 Å². The fourth-order valence-electron chi connectivity index (χ4n) is 8.58. The second kappa shape index (κ2) is 12.1. The number of aromatic nitrogens is 3. The molecule has 6 heteroatoms. The summed E-state index contributed by atoms with van der Waals surface area (Å²) in [5, 5.41) is 7.74. The Morgan fingerprint density at radius 3 is 1.88 bits per heavy atom. The van der Waals surface area contributed by atoms with E-state index in [1.54, 1.807) is 11.3 Å². The molecule has 4 heterocycles. The van der Waals surface area contributed by atoms with E-state index in [-0.39, 0.29) is 0 Å². The molecule has 12 rings (SSSR count). The summed E-state index contributed by atoms with van der Waals surface area (Å²) in [5.74, 6) is 0.635. The maximum absolute atomic E-state index is 7.12. The lowest BCUT2D eigenvalue weighted by Crippen LogP contribution is -2.10. The van der Waals surface area contributed by atoms with Gasteiger partial charge in [0.2, 0.25) is 5.95 Å². The Balaban J connectivity index is 1.17. The molecule has 0 saturated carbocycles. The average Bonchev–Trinajstić information content (AvgIpc) is 3.94. The first kappa shape index (κ1) is 31.1. The van der Waals surface area contributed by atoms with Crippen molar-refractivity contribution in [3.05, 3.63) is 182 Å². The van der Waals surface area contributed by atoms with Crippen molar-refractivity contribution in [2.45, 2.75) is 0 Å². The van der Waals surface area contributed by atoms with Crippen LogP contribution in [0.15, 0.2) is 186 Å². The SMILES string of the molecule is c1ccc(-c2nc(-n3c4ccccc4c4c5oc6cc(N(c7ccccc7)c7ccccc7)c7ccccc7c6c5ccc43)nc3c2sc2ccccc23)cc1. The minimum atomic E-state index is 0.635. The van der Waals surface area contributed by atoms with Crippen LogP contribution in [0.1, 0.15) is 0 Å². The smallest absolute Gasteiger partial charge is 0.235 e. The van der Waals surface area contributed by atoms with Crippen LogP contribution in [0, 0.1) is 0 Å². The molecule has 0 radical (unpaired) electrons. The number of benzene rings is 8. The molecule has 0 aliphatic carbocycles. The zero-order valence-corrected chi connectivity index (χ0v) is 30.7. The Kier molecular flexibility index (Phi) is 6.73. The molecule has 0 fully saturated rings. The van der Waals surface area contributed by atoms with Crippen LogP contribution in [0.3, 0.4) is 0 Å². The molecule has 8 aromatic carbocycles. The number of nitrogens with zero attached hydrogens (tertiary/aromatic N) is 4. The largest absolute Gasteiger partial charge is 0.455 e. The average molecular weight is 735 g/mol. The van der Waals surface area contributed by atoms with E-state index in [4.69, 9.17) is 14.4 Å². The van der Waals surface area contributed by atoms with Gasteiger partial charge in [0.1, 0.15) is 11.2 Å². The van der Waals surface area contributed by atoms with E-state index in [2.05, 4.69) is 185 Å². The molecule has 0 bridgehead atoms. The van der Waals surface area contributed by atoms with E-state index in [1.807, 2.05) is 6.07 Å². The number of hydrogen-bond acceptors (Lipinski definition) is 5. The molecule has 0 unspecified atom stereocenters. The van der Waals surface area contributed by atoms with Gasteiger partial charge in [-0.3, -0.25) is 4.57 Å². The van der Waals surface area contributed by atoms with Gasteiger partial charge in [-0.25, -0.2) is 9.97 Å². The molecule has 0 spiro atoms. The fourth-order valence-corrected chi connectivity index (χ4v) is 9.74. The molecule has 0 aliphatic heterocycles. The molecule has 0 saturated heterocycles. The van der Waals surface area contributed by atoms with Crippen LogP contribution in [-0.4, -0.2) is 14.5 Å². The van der Waals surface area contributed by atoms with Crippen molar-refractivity contribution in [2.24, 2.45) is 0 Å². The van der Waals surface area contributed by atoms with Gasteiger partial charge in [-0.1, -0.05) is 127 Å². The van der Waals surface area contributed by atoms with Crippen molar-refractivity contribution in [1.82, 2.24) is 14.5 Å². The molecule has 0 aliphatic rings. The third-order valence-electron chi connectivity index (χ3n) is 11.0. The number of para-hydroxylation sites is 3. The van der Waals surface area contributed by atoms with Gasteiger partial charge in [0, 0.05) is 54.6 Å².